The zero-order valence-corrected chi connectivity index (χ0v) is 13.5. The van der Waals surface area contributed by atoms with Gasteiger partial charge in [0.2, 0.25) is 0 Å². The fourth-order valence-corrected chi connectivity index (χ4v) is 3.81. The van der Waals surface area contributed by atoms with Crippen molar-refractivity contribution in [2.45, 2.75) is 32.4 Å². The van der Waals surface area contributed by atoms with E-state index in [4.69, 9.17) is 4.74 Å². The average Bonchev–Trinajstić information content (AvgIpc) is 3.16. The predicted octanol–water partition coefficient (Wildman–Crippen LogP) is 2.73. The standard InChI is InChI=1S/C14H17N3O2S2/c1-10-13(21-16-15-10)14(18)17(9-12-3-2-8-20-12)11-4-6-19-7-5-11/h2-3,8,11H,4-7,9H2,1H3. The van der Waals surface area contributed by atoms with E-state index >= 15 is 0 Å². The fourth-order valence-electron chi connectivity index (χ4n) is 2.49. The Morgan fingerprint density at radius 2 is 2.29 bits per heavy atom. The number of hydrogen-bond acceptors (Lipinski definition) is 6. The van der Waals surface area contributed by atoms with E-state index < -0.39 is 0 Å². The number of aromatic nitrogens is 2. The molecular weight excluding hydrogens is 306 g/mol. The molecule has 2 aromatic rings. The van der Waals surface area contributed by atoms with Crippen LogP contribution in [0.25, 0.3) is 0 Å². The summed E-state index contributed by atoms with van der Waals surface area (Å²) in [6, 6.07) is 4.32. The Bertz CT molecular complexity index is 591. The van der Waals surface area contributed by atoms with Crippen LogP contribution in [0.3, 0.4) is 0 Å². The first-order chi connectivity index (χ1) is 10.3. The summed E-state index contributed by atoms with van der Waals surface area (Å²) in [5.41, 5.74) is 0.716. The first-order valence-corrected chi connectivity index (χ1v) is 8.61. The maximum Gasteiger partial charge on any atom is 0.268 e. The lowest BCUT2D eigenvalue weighted by molar-refractivity contribution is 0.0272. The lowest BCUT2D eigenvalue weighted by Gasteiger charge is -2.33. The molecule has 0 aliphatic carbocycles. The van der Waals surface area contributed by atoms with Gasteiger partial charge in [0.25, 0.3) is 5.91 Å². The summed E-state index contributed by atoms with van der Waals surface area (Å²) in [5.74, 6) is 0.0443. The van der Waals surface area contributed by atoms with Crippen LogP contribution in [0.4, 0.5) is 0 Å². The van der Waals surface area contributed by atoms with Crippen LogP contribution in [-0.4, -0.2) is 39.6 Å². The summed E-state index contributed by atoms with van der Waals surface area (Å²) in [4.78, 5) is 16.7. The number of ether oxygens (including phenoxy) is 1. The molecule has 0 spiro atoms. The molecule has 5 nitrogen and oxygen atoms in total. The number of hydrogen-bond donors (Lipinski definition) is 0. The molecule has 0 saturated carbocycles. The van der Waals surface area contributed by atoms with Crippen LogP contribution in [0.5, 0.6) is 0 Å². The SMILES string of the molecule is Cc1nnsc1C(=O)N(Cc1cccs1)C1CCOCC1. The van der Waals surface area contributed by atoms with E-state index in [1.165, 1.54) is 16.4 Å². The van der Waals surface area contributed by atoms with Crippen molar-refractivity contribution in [1.29, 1.82) is 0 Å². The van der Waals surface area contributed by atoms with Gasteiger partial charge in [0.05, 0.1) is 12.2 Å². The van der Waals surface area contributed by atoms with Crippen molar-refractivity contribution in [3.05, 3.63) is 33.0 Å². The molecule has 7 heteroatoms. The van der Waals surface area contributed by atoms with Gasteiger partial charge in [0, 0.05) is 24.1 Å². The Kier molecular flexibility index (Phi) is 4.62. The van der Waals surface area contributed by atoms with Crippen molar-refractivity contribution in [1.82, 2.24) is 14.5 Å². The molecule has 3 heterocycles. The van der Waals surface area contributed by atoms with Crippen molar-refractivity contribution >= 4 is 28.8 Å². The highest BCUT2D eigenvalue weighted by atomic mass is 32.1. The molecule has 0 aromatic carbocycles. The van der Waals surface area contributed by atoms with Gasteiger partial charge >= 0.3 is 0 Å². The molecule has 2 aromatic heterocycles. The van der Waals surface area contributed by atoms with E-state index in [1.54, 1.807) is 11.3 Å². The molecule has 0 bridgehead atoms. The zero-order valence-electron chi connectivity index (χ0n) is 11.8. The summed E-state index contributed by atoms with van der Waals surface area (Å²) < 4.78 is 9.31. The van der Waals surface area contributed by atoms with Gasteiger partial charge in [0.1, 0.15) is 4.88 Å². The molecule has 1 aliphatic heterocycles. The molecule has 1 aliphatic rings. The van der Waals surface area contributed by atoms with Gasteiger partial charge < -0.3 is 9.64 Å². The van der Waals surface area contributed by atoms with Crippen LogP contribution in [-0.2, 0) is 11.3 Å². The molecule has 3 rings (SSSR count). The second kappa shape index (κ2) is 6.64. The molecule has 0 N–H and O–H groups in total. The topological polar surface area (TPSA) is 55.3 Å². The molecule has 1 saturated heterocycles. The van der Waals surface area contributed by atoms with Gasteiger partial charge in [-0.25, -0.2) is 0 Å². The minimum atomic E-state index is 0.0443. The van der Waals surface area contributed by atoms with Crippen LogP contribution < -0.4 is 0 Å². The van der Waals surface area contributed by atoms with E-state index in [9.17, 15) is 4.79 Å². The number of amides is 1. The fraction of sp³-hybridized carbons (Fsp3) is 0.500. The third kappa shape index (κ3) is 3.30. The van der Waals surface area contributed by atoms with E-state index in [1.807, 2.05) is 23.3 Å². The van der Waals surface area contributed by atoms with Gasteiger partial charge in [0.15, 0.2) is 0 Å². The van der Waals surface area contributed by atoms with Crippen LogP contribution >= 0.6 is 22.9 Å². The van der Waals surface area contributed by atoms with Crippen LogP contribution in [0, 0.1) is 6.92 Å². The van der Waals surface area contributed by atoms with Crippen LogP contribution in [0.15, 0.2) is 17.5 Å². The third-order valence-electron chi connectivity index (χ3n) is 3.64. The maximum absolute atomic E-state index is 12.9. The molecule has 1 amide bonds. The van der Waals surface area contributed by atoms with Crippen molar-refractivity contribution in [2.75, 3.05) is 13.2 Å². The smallest absolute Gasteiger partial charge is 0.268 e. The largest absolute Gasteiger partial charge is 0.381 e. The number of carbonyl (C=O) groups excluding carboxylic acids is 1. The van der Waals surface area contributed by atoms with Gasteiger partial charge in [-0.1, -0.05) is 10.6 Å². The zero-order chi connectivity index (χ0) is 14.7. The first kappa shape index (κ1) is 14.6. The minimum Gasteiger partial charge on any atom is -0.381 e. The van der Waals surface area contributed by atoms with E-state index in [-0.39, 0.29) is 11.9 Å². The highest BCUT2D eigenvalue weighted by Gasteiger charge is 2.29. The summed E-state index contributed by atoms with van der Waals surface area (Å²) in [7, 11) is 0. The van der Waals surface area contributed by atoms with Crippen molar-refractivity contribution in [2.24, 2.45) is 0 Å². The van der Waals surface area contributed by atoms with Gasteiger partial charge in [-0.3, -0.25) is 4.79 Å². The predicted molar refractivity (Wildman–Crippen MR) is 82.7 cm³/mol. The highest BCUT2D eigenvalue weighted by Crippen LogP contribution is 2.24. The van der Waals surface area contributed by atoms with E-state index in [0.29, 0.717) is 17.1 Å². The van der Waals surface area contributed by atoms with Crippen molar-refractivity contribution in [3.63, 3.8) is 0 Å². The Hall–Kier alpha value is -1.31. The van der Waals surface area contributed by atoms with Crippen LogP contribution in [0.1, 0.15) is 33.1 Å². The number of rotatable bonds is 4. The molecule has 0 unspecified atom stereocenters. The Labute approximate surface area is 131 Å². The molecule has 0 atom stereocenters. The van der Waals surface area contributed by atoms with E-state index in [2.05, 4.69) is 15.7 Å². The Morgan fingerprint density at radius 3 is 2.90 bits per heavy atom. The van der Waals surface area contributed by atoms with Gasteiger partial charge in [-0.15, -0.1) is 16.4 Å². The Morgan fingerprint density at radius 1 is 1.48 bits per heavy atom. The highest BCUT2D eigenvalue weighted by molar-refractivity contribution is 7.10. The number of thiophene rings is 1. The quantitative estimate of drug-likeness (QED) is 0.868. The normalized spacial score (nSPS) is 16.0. The van der Waals surface area contributed by atoms with Crippen molar-refractivity contribution in [3.8, 4) is 0 Å². The van der Waals surface area contributed by atoms with Gasteiger partial charge in [-0.05, 0) is 42.7 Å². The van der Waals surface area contributed by atoms with Crippen LogP contribution in [0.2, 0.25) is 0 Å². The molecule has 21 heavy (non-hydrogen) atoms. The molecular formula is C14H17N3O2S2. The summed E-state index contributed by atoms with van der Waals surface area (Å²) in [6.07, 6.45) is 1.78. The summed E-state index contributed by atoms with van der Waals surface area (Å²) >= 11 is 2.86. The second-order valence-corrected chi connectivity index (χ2v) is 6.83. The third-order valence-corrected chi connectivity index (χ3v) is 5.32. The maximum atomic E-state index is 12.9. The molecule has 0 radical (unpaired) electrons. The molecule has 1 fully saturated rings. The Balaban J connectivity index is 1.84. The lowest BCUT2D eigenvalue weighted by Crippen LogP contribution is -2.42. The first-order valence-electron chi connectivity index (χ1n) is 6.96. The average molecular weight is 323 g/mol. The van der Waals surface area contributed by atoms with E-state index in [0.717, 1.165) is 26.1 Å². The number of carbonyl (C=O) groups is 1. The number of aryl methyl sites for hydroxylation is 1. The minimum absolute atomic E-state index is 0.0443. The summed E-state index contributed by atoms with van der Waals surface area (Å²) in [5, 5.41) is 6.00. The second-order valence-electron chi connectivity index (χ2n) is 5.04. The molecule has 112 valence electrons. The van der Waals surface area contributed by atoms with Gasteiger partial charge in [-0.2, -0.15) is 0 Å². The summed E-state index contributed by atoms with van der Waals surface area (Å²) in [6.45, 7) is 3.93. The monoisotopic (exact) mass is 323 g/mol. The number of nitrogens with zero attached hydrogens (tertiary/aromatic N) is 3. The lowest BCUT2D eigenvalue weighted by atomic mass is 10.1. The van der Waals surface area contributed by atoms with Crippen molar-refractivity contribution < 1.29 is 9.53 Å².